The zero-order chi connectivity index (χ0) is 16.1. The topological polar surface area (TPSA) is 87.6 Å². The number of aryl methyl sites for hydroxylation is 1. The predicted octanol–water partition coefficient (Wildman–Crippen LogP) is 2.75. The summed E-state index contributed by atoms with van der Waals surface area (Å²) in [7, 11) is 0. The van der Waals surface area contributed by atoms with Crippen molar-refractivity contribution in [2.75, 3.05) is 12.3 Å². The van der Waals surface area contributed by atoms with E-state index in [0.717, 1.165) is 11.3 Å². The number of nitrogen functional groups attached to an aromatic ring is 1. The number of nitrogens with two attached hydrogens (primary N) is 1. The number of rotatable bonds is 2. The fourth-order valence-corrected chi connectivity index (χ4v) is 2.88. The smallest absolute Gasteiger partial charge is 0.342 e. The van der Waals surface area contributed by atoms with Gasteiger partial charge < -0.3 is 19.6 Å². The van der Waals surface area contributed by atoms with Gasteiger partial charge >= 0.3 is 5.97 Å². The minimum Gasteiger partial charge on any atom is -0.462 e. The van der Waals surface area contributed by atoms with Crippen molar-refractivity contribution in [3.8, 4) is 0 Å². The average Bonchev–Trinajstić information content (AvgIpc) is 2.75. The van der Waals surface area contributed by atoms with E-state index >= 15 is 0 Å². The Hall–Kier alpha value is -2.08. The largest absolute Gasteiger partial charge is 0.462 e. The first kappa shape index (κ1) is 14.8. The second-order valence-corrected chi connectivity index (χ2v) is 6.12. The molecule has 0 unspecified atom stereocenters. The van der Waals surface area contributed by atoms with Crippen molar-refractivity contribution in [2.45, 2.75) is 46.3 Å². The number of furan rings is 1. The molecule has 0 atom stereocenters. The highest BCUT2D eigenvalue weighted by Crippen LogP contribution is 2.39. The number of anilines is 1. The molecular weight excluding hydrogens is 284 g/mol. The van der Waals surface area contributed by atoms with Crippen LogP contribution < -0.4 is 5.73 Å². The first-order valence-electron chi connectivity index (χ1n) is 7.35. The molecule has 22 heavy (non-hydrogen) atoms. The summed E-state index contributed by atoms with van der Waals surface area (Å²) in [6.45, 7) is 8.18. The van der Waals surface area contributed by atoms with Gasteiger partial charge in [0.15, 0.2) is 0 Å². The van der Waals surface area contributed by atoms with Crippen molar-refractivity contribution >= 4 is 22.8 Å². The standard InChI is InChI=1S/C16H20N2O4/c1-5-20-15(19)11-8(2)18-14-12(13(11)17)9-6-16(3,4)21-7-10(9)22-14/h5-7H2,1-4H3,(H2,17,18). The minimum absolute atomic E-state index is 0.292. The number of hydrogen-bond donors (Lipinski definition) is 1. The van der Waals surface area contributed by atoms with Crippen LogP contribution in [0.5, 0.6) is 0 Å². The second kappa shape index (κ2) is 4.98. The summed E-state index contributed by atoms with van der Waals surface area (Å²) in [6.07, 6.45) is 0.659. The Kier molecular flexibility index (Phi) is 3.36. The third-order valence-corrected chi connectivity index (χ3v) is 3.92. The Morgan fingerprint density at radius 2 is 2.18 bits per heavy atom. The van der Waals surface area contributed by atoms with Gasteiger partial charge in [-0.15, -0.1) is 0 Å². The van der Waals surface area contributed by atoms with Crippen LogP contribution in [0.15, 0.2) is 4.42 Å². The highest BCUT2D eigenvalue weighted by Gasteiger charge is 2.33. The van der Waals surface area contributed by atoms with Gasteiger partial charge in [0.2, 0.25) is 5.71 Å². The first-order valence-corrected chi connectivity index (χ1v) is 7.35. The summed E-state index contributed by atoms with van der Waals surface area (Å²) >= 11 is 0. The third kappa shape index (κ3) is 2.23. The van der Waals surface area contributed by atoms with Crippen molar-refractivity contribution in [3.05, 3.63) is 22.6 Å². The lowest BCUT2D eigenvalue weighted by molar-refractivity contribution is -0.0476. The molecule has 0 saturated heterocycles. The number of fused-ring (bicyclic) bond motifs is 3. The van der Waals surface area contributed by atoms with E-state index < -0.39 is 5.97 Å². The molecule has 0 aliphatic carbocycles. The van der Waals surface area contributed by atoms with Crippen LogP contribution in [0, 0.1) is 6.92 Å². The van der Waals surface area contributed by atoms with Crippen molar-refractivity contribution in [1.29, 1.82) is 0 Å². The number of pyridine rings is 1. The van der Waals surface area contributed by atoms with E-state index in [2.05, 4.69) is 4.98 Å². The van der Waals surface area contributed by atoms with Gasteiger partial charge in [0.1, 0.15) is 17.9 Å². The quantitative estimate of drug-likeness (QED) is 0.858. The maximum absolute atomic E-state index is 12.1. The molecule has 2 N–H and O–H groups in total. The van der Waals surface area contributed by atoms with E-state index in [1.54, 1.807) is 13.8 Å². The molecule has 2 aromatic rings. The number of esters is 1. The van der Waals surface area contributed by atoms with Crippen molar-refractivity contribution in [1.82, 2.24) is 4.98 Å². The molecule has 3 heterocycles. The number of carbonyl (C=O) groups is 1. The van der Waals surface area contributed by atoms with E-state index in [9.17, 15) is 4.79 Å². The lowest BCUT2D eigenvalue weighted by atomic mass is 9.93. The SMILES string of the molecule is CCOC(=O)c1c(C)nc2oc3c(c2c1N)CC(C)(C)OC3. The molecule has 1 aliphatic heterocycles. The van der Waals surface area contributed by atoms with Crippen LogP contribution >= 0.6 is 0 Å². The molecule has 0 spiro atoms. The van der Waals surface area contributed by atoms with Gasteiger partial charge in [-0.05, 0) is 27.7 Å². The molecule has 0 saturated carbocycles. The molecule has 118 valence electrons. The summed E-state index contributed by atoms with van der Waals surface area (Å²) in [4.78, 5) is 16.5. The van der Waals surface area contributed by atoms with Crippen molar-refractivity contribution in [2.24, 2.45) is 0 Å². The van der Waals surface area contributed by atoms with Gasteiger partial charge in [0.25, 0.3) is 0 Å². The summed E-state index contributed by atoms with van der Waals surface area (Å²) in [5.41, 5.74) is 8.60. The molecule has 0 radical (unpaired) electrons. The molecule has 0 bridgehead atoms. The molecule has 2 aromatic heterocycles. The fourth-order valence-electron chi connectivity index (χ4n) is 2.88. The van der Waals surface area contributed by atoms with E-state index in [4.69, 9.17) is 19.6 Å². The van der Waals surface area contributed by atoms with E-state index in [-0.39, 0.29) is 5.60 Å². The second-order valence-electron chi connectivity index (χ2n) is 6.12. The number of nitrogens with zero attached hydrogens (tertiary/aromatic N) is 1. The summed E-state index contributed by atoms with van der Waals surface area (Å²) in [5.74, 6) is 0.280. The summed E-state index contributed by atoms with van der Waals surface area (Å²) in [5, 5.41) is 0.708. The van der Waals surface area contributed by atoms with E-state index in [1.807, 2.05) is 13.8 Å². The Balaban J connectivity index is 2.23. The van der Waals surface area contributed by atoms with Crippen molar-refractivity contribution < 1.29 is 18.7 Å². The number of ether oxygens (including phenoxy) is 2. The summed E-state index contributed by atoms with van der Waals surface area (Å²) < 4.78 is 16.6. The molecular formula is C16H20N2O4. The lowest BCUT2D eigenvalue weighted by Gasteiger charge is -2.29. The lowest BCUT2D eigenvalue weighted by Crippen LogP contribution is -2.31. The van der Waals surface area contributed by atoms with Crippen LogP contribution in [0.2, 0.25) is 0 Å². The minimum atomic E-state index is -0.451. The highest BCUT2D eigenvalue weighted by molar-refractivity contribution is 6.05. The Bertz CT molecular complexity index is 761. The Morgan fingerprint density at radius 1 is 1.45 bits per heavy atom. The van der Waals surface area contributed by atoms with Gasteiger partial charge in [-0.1, -0.05) is 0 Å². The molecule has 1 aliphatic rings. The zero-order valence-electron chi connectivity index (χ0n) is 13.3. The molecule has 6 heteroatoms. The molecule has 3 rings (SSSR count). The highest BCUT2D eigenvalue weighted by atomic mass is 16.5. The van der Waals surface area contributed by atoms with Gasteiger partial charge in [-0.3, -0.25) is 0 Å². The van der Waals surface area contributed by atoms with Crippen LogP contribution in [0.4, 0.5) is 5.69 Å². The average molecular weight is 304 g/mol. The normalized spacial score (nSPS) is 16.5. The summed E-state index contributed by atoms with van der Waals surface area (Å²) in [6, 6.07) is 0. The molecule has 0 aromatic carbocycles. The van der Waals surface area contributed by atoms with Crippen LogP contribution in [0.1, 0.15) is 48.1 Å². The Labute approximate surface area is 128 Å². The van der Waals surface area contributed by atoms with Gasteiger partial charge in [-0.25, -0.2) is 9.78 Å². The van der Waals surface area contributed by atoms with E-state index in [1.165, 1.54) is 0 Å². The zero-order valence-corrected chi connectivity index (χ0v) is 13.3. The van der Waals surface area contributed by atoms with Gasteiger partial charge in [0, 0.05) is 12.0 Å². The molecule has 0 amide bonds. The van der Waals surface area contributed by atoms with Crippen LogP contribution in [0.3, 0.4) is 0 Å². The fraction of sp³-hybridized carbons (Fsp3) is 0.500. The molecule has 6 nitrogen and oxygen atoms in total. The number of hydrogen-bond acceptors (Lipinski definition) is 6. The maximum atomic E-state index is 12.1. The monoisotopic (exact) mass is 304 g/mol. The third-order valence-electron chi connectivity index (χ3n) is 3.92. The van der Waals surface area contributed by atoms with Crippen LogP contribution in [0.25, 0.3) is 11.1 Å². The number of aromatic nitrogens is 1. The number of carbonyl (C=O) groups excluding carboxylic acids is 1. The van der Waals surface area contributed by atoms with Gasteiger partial charge in [-0.2, -0.15) is 0 Å². The first-order chi connectivity index (χ1) is 10.3. The predicted molar refractivity (Wildman–Crippen MR) is 81.7 cm³/mol. The van der Waals surface area contributed by atoms with Gasteiger partial charge in [0.05, 0.1) is 29.0 Å². The van der Waals surface area contributed by atoms with E-state index in [0.29, 0.717) is 47.7 Å². The maximum Gasteiger partial charge on any atom is 0.342 e. The molecule has 0 fully saturated rings. The van der Waals surface area contributed by atoms with Crippen molar-refractivity contribution in [3.63, 3.8) is 0 Å². The van der Waals surface area contributed by atoms with Crippen LogP contribution in [-0.4, -0.2) is 23.2 Å². The van der Waals surface area contributed by atoms with Crippen LogP contribution in [-0.2, 0) is 22.5 Å². The Morgan fingerprint density at radius 3 is 2.86 bits per heavy atom.